The molecule has 2 heterocycles. The summed E-state index contributed by atoms with van der Waals surface area (Å²) in [6.07, 6.45) is 2.72. The molecule has 8 nitrogen and oxygen atoms in total. The number of ether oxygens (including phenoxy) is 1. The summed E-state index contributed by atoms with van der Waals surface area (Å²) in [5, 5.41) is 0.560. The summed E-state index contributed by atoms with van der Waals surface area (Å²) in [5.74, 6) is -0.0659. The molecule has 3 aromatic rings. The third-order valence-corrected chi connectivity index (χ3v) is 6.66. The summed E-state index contributed by atoms with van der Waals surface area (Å²) in [6.45, 7) is 1.26. The van der Waals surface area contributed by atoms with Gasteiger partial charge in [0.2, 0.25) is 0 Å². The average Bonchev–Trinajstić information content (AvgIpc) is 3.00. The number of benzene rings is 1. The standard InChI is InChI=1S/C19H18BrCl2N3O5S/c1-11-18(20)25-8-4-5-15(19(25)23-11)29-9-12-13(21)6-7-14(17(12)22)24(2)16(26)10-30-31(3,27)28/h4-8H,9-10H2,1-3H3. The molecule has 12 heteroatoms. The van der Waals surface area contributed by atoms with Gasteiger partial charge in [-0.3, -0.25) is 13.4 Å². The summed E-state index contributed by atoms with van der Waals surface area (Å²) in [6, 6.07) is 6.74. The number of nitrogens with zero attached hydrogens (tertiary/aromatic N) is 3. The van der Waals surface area contributed by atoms with Crippen LogP contribution in [0.3, 0.4) is 0 Å². The van der Waals surface area contributed by atoms with E-state index in [-0.39, 0.29) is 11.6 Å². The summed E-state index contributed by atoms with van der Waals surface area (Å²) in [7, 11) is -2.29. The van der Waals surface area contributed by atoms with E-state index >= 15 is 0 Å². The van der Waals surface area contributed by atoms with Crippen LogP contribution in [0.15, 0.2) is 35.1 Å². The summed E-state index contributed by atoms with van der Waals surface area (Å²) in [5.41, 5.74) is 2.24. The van der Waals surface area contributed by atoms with Gasteiger partial charge in [0.1, 0.15) is 17.8 Å². The van der Waals surface area contributed by atoms with Crippen molar-refractivity contribution >= 4 is 66.5 Å². The number of aromatic nitrogens is 2. The second-order valence-electron chi connectivity index (χ2n) is 6.62. The predicted octanol–water partition coefficient (Wildman–Crippen LogP) is 4.23. The first-order chi connectivity index (χ1) is 14.5. The number of carbonyl (C=O) groups excluding carboxylic acids is 1. The van der Waals surface area contributed by atoms with E-state index < -0.39 is 22.6 Å². The van der Waals surface area contributed by atoms with Crippen LogP contribution in [0.1, 0.15) is 11.3 Å². The van der Waals surface area contributed by atoms with Crippen LogP contribution in [0.4, 0.5) is 5.69 Å². The summed E-state index contributed by atoms with van der Waals surface area (Å²) >= 11 is 16.3. The van der Waals surface area contributed by atoms with Gasteiger partial charge in [-0.1, -0.05) is 23.2 Å². The van der Waals surface area contributed by atoms with Gasteiger partial charge in [-0.15, -0.1) is 0 Å². The number of pyridine rings is 1. The maximum atomic E-state index is 12.3. The fourth-order valence-corrected chi connectivity index (χ4v) is 4.05. The number of amides is 1. The molecule has 0 aliphatic carbocycles. The summed E-state index contributed by atoms with van der Waals surface area (Å²) in [4.78, 5) is 18.0. The van der Waals surface area contributed by atoms with E-state index in [0.29, 0.717) is 27.7 Å². The first kappa shape index (κ1) is 23.8. The topological polar surface area (TPSA) is 90.2 Å². The highest BCUT2D eigenvalue weighted by Gasteiger charge is 2.20. The van der Waals surface area contributed by atoms with Crippen LogP contribution in [-0.2, 0) is 25.7 Å². The van der Waals surface area contributed by atoms with Crippen molar-refractivity contribution in [2.24, 2.45) is 0 Å². The molecule has 1 amide bonds. The number of aryl methyl sites for hydroxylation is 1. The van der Waals surface area contributed by atoms with Crippen molar-refractivity contribution in [2.45, 2.75) is 13.5 Å². The molecule has 0 atom stereocenters. The molecule has 3 rings (SSSR count). The van der Waals surface area contributed by atoms with Gasteiger partial charge in [0, 0.05) is 23.8 Å². The average molecular weight is 551 g/mol. The maximum absolute atomic E-state index is 12.3. The van der Waals surface area contributed by atoms with Crippen LogP contribution in [0.5, 0.6) is 5.75 Å². The number of rotatable bonds is 7. The predicted molar refractivity (Wildman–Crippen MR) is 123 cm³/mol. The number of hydrogen-bond acceptors (Lipinski definition) is 6. The first-order valence-electron chi connectivity index (χ1n) is 8.83. The van der Waals surface area contributed by atoms with Crippen molar-refractivity contribution in [2.75, 3.05) is 24.8 Å². The number of hydrogen-bond donors (Lipinski definition) is 0. The van der Waals surface area contributed by atoms with Crippen molar-refractivity contribution in [3.63, 3.8) is 0 Å². The molecule has 0 bridgehead atoms. The van der Waals surface area contributed by atoms with Gasteiger partial charge >= 0.3 is 0 Å². The molecule has 0 fully saturated rings. The van der Waals surface area contributed by atoms with Crippen LogP contribution in [0, 0.1) is 6.92 Å². The van der Waals surface area contributed by atoms with Crippen LogP contribution >= 0.6 is 39.1 Å². The molecular formula is C19H18BrCl2N3O5S. The van der Waals surface area contributed by atoms with Crippen molar-refractivity contribution in [1.82, 2.24) is 9.38 Å². The molecule has 0 saturated heterocycles. The lowest BCUT2D eigenvalue weighted by atomic mass is 10.2. The van der Waals surface area contributed by atoms with Crippen LogP contribution in [-0.4, -0.2) is 43.6 Å². The maximum Gasteiger partial charge on any atom is 0.264 e. The van der Waals surface area contributed by atoms with E-state index in [1.807, 2.05) is 23.6 Å². The molecule has 0 aliphatic heterocycles. The number of carbonyl (C=O) groups is 1. The highest BCUT2D eigenvalue weighted by molar-refractivity contribution is 9.10. The van der Waals surface area contributed by atoms with Gasteiger partial charge in [-0.25, -0.2) is 4.98 Å². The second kappa shape index (κ2) is 9.33. The molecule has 2 aromatic heterocycles. The zero-order valence-electron chi connectivity index (χ0n) is 16.7. The molecule has 0 unspecified atom stereocenters. The minimum atomic E-state index is -3.75. The van der Waals surface area contributed by atoms with E-state index in [4.69, 9.17) is 27.9 Å². The van der Waals surface area contributed by atoms with Gasteiger partial charge < -0.3 is 9.64 Å². The van der Waals surface area contributed by atoms with Crippen molar-refractivity contribution < 1.29 is 22.1 Å². The van der Waals surface area contributed by atoms with Crippen molar-refractivity contribution in [3.8, 4) is 5.75 Å². The molecule has 166 valence electrons. The largest absolute Gasteiger partial charge is 0.485 e. The van der Waals surface area contributed by atoms with Crippen LogP contribution in [0.25, 0.3) is 5.65 Å². The Morgan fingerprint density at radius 2 is 2.00 bits per heavy atom. The van der Waals surface area contributed by atoms with Gasteiger partial charge in [-0.05, 0) is 47.1 Å². The Hall–Kier alpha value is -1.85. The summed E-state index contributed by atoms with van der Waals surface area (Å²) < 4.78 is 35.4. The molecule has 31 heavy (non-hydrogen) atoms. The van der Waals surface area contributed by atoms with E-state index in [2.05, 4.69) is 25.1 Å². The molecule has 0 radical (unpaired) electrons. The number of imidazole rings is 1. The van der Waals surface area contributed by atoms with Gasteiger partial charge in [0.05, 0.1) is 22.7 Å². The molecule has 0 N–H and O–H groups in total. The minimum Gasteiger partial charge on any atom is -0.485 e. The highest BCUT2D eigenvalue weighted by atomic mass is 79.9. The Bertz CT molecular complexity index is 1260. The fourth-order valence-electron chi connectivity index (χ4n) is 2.75. The molecule has 1 aromatic carbocycles. The number of anilines is 1. The van der Waals surface area contributed by atoms with E-state index in [1.54, 1.807) is 18.2 Å². The molecule has 0 saturated carbocycles. The second-order valence-corrected chi connectivity index (χ2v) is 9.80. The lowest BCUT2D eigenvalue weighted by Gasteiger charge is -2.21. The van der Waals surface area contributed by atoms with Gasteiger partial charge in [0.25, 0.3) is 16.0 Å². The third kappa shape index (κ3) is 5.32. The third-order valence-electron chi connectivity index (χ3n) is 4.38. The normalized spacial score (nSPS) is 11.7. The number of likely N-dealkylation sites (N-methyl/N-ethyl adjacent to an activating group) is 1. The molecule has 0 spiro atoms. The number of fused-ring (bicyclic) bond motifs is 1. The Kier molecular flexibility index (Phi) is 7.17. The fraction of sp³-hybridized carbons (Fsp3) is 0.263. The number of halogens is 3. The Morgan fingerprint density at radius 1 is 1.29 bits per heavy atom. The van der Waals surface area contributed by atoms with Gasteiger partial charge in [-0.2, -0.15) is 8.42 Å². The van der Waals surface area contributed by atoms with Crippen LogP contribution in [0.2, 0.25) is 10.0 Å². The monoisotopic (exact) mass is 549 g/mol. The first-order valence-corrected chi connectivity index (χ1v) is 12.2. The van der Waals surface area contributed by atoms with Crippen molar-refractivity contribution in [3.05, 3.63) is 56.4 Å². The quantitative estimate of drug-likeness (QED) is 0.409. The SMILES string of the molecule is Cc1nc2c(OCc3c(Cl)ccc(N(C)C(=O)COS(C)(=O)=O)c3Cl)cccn2c1Br. The zero-order chi connectivity index (χ0) is 22.9. The highest BCUT2D eigenvalue weighted by Crippen LogP contribution is 2.35. The van der Waals surface area contributed by atoms with E-state index in [9.17, 15) is 13.2 Å². The Balaban J connectivity index is 1.85. The molecule has 0 aliphatic rings. The van der Waals surface area contributed by atoms with Crippen LogP contribution < -0.4 is 9.64 Å². The minimum absolute atomic E-state index is 0.0244. The lowest BCUT2D eigenvalue weighted by Crippen LogP contribution is -2.31. The zero-order valence-corrected chi connectivity index (χ0v) is 20.6. The molecular weight excluding hydrogens is 533 g/mol. The van der Waals surface area contributed by atoms with E-state index in [1.165, 1.54) is 11.9 Å². The van der Waals surface area contributed by atoms with E-state index in [0.717, 1.165) is 16.6 Å². The Labute approximate surface area is 197 Å². The Morgan fingerprint density at radius 3 is 2.68 bits per heavy atom. The lowest BCUT2D eigenvalue weighted by molar-refractivity contribution is -0.120. The smallest absolute Gasteiger partial charge is 0.264 e. The van der Waals surface area contributed by atoms with Gasteiger partial charge in [0.15, 0.2) is 11.4 Å². The van der Waals surface area contributed by atoms with Crippen molar-refractivity contribution in [1.29, 1.82) is 0 Å².